The summed E-state index contributed by atoms with van der Waals surface area (Å²) in [6, 6.07) is 10.6. The van der Waals surface area contributed by atoms with Gasteiger partial charge in [-0.15, -0.1) is 0 Å². The summed E-state index contributed by atoms with van der Waals surface area (Å²) in [6.45, 7) is 0.838. The number of benzene rings is 1. The second-order valence-corrected chi connectivity index (χ2v) is 4.84. The van der Waals surface area contributed by atoms with Crippen molar-refractivity contribution in [3.05, 3.63) is 52.9 Å². The Hall–Kier alpha value is -2.00. The van der Waals surface area contributed by atoms with Gasteiger partial charge < -0.3 is 19.6 Å². The van der Waals surface area contributed by atoms with Gasteiger partial charge in [-0.3, -0.25) is 0 Å². The topological polar surface area (TPSA) is 78.4 Å². The third-order valence-electron chi connectivity index (χ3n) is 2.77. The molecule has 0 saturated carbocycles. The van der Waals surface area contributed by atoms with Crippen LogP contribution in [-0.4, -0.2) is 24.4 Å². The Labute approximate surface area is 127 Å². The summed E-state index contributed by atoms with van der Waals surface area (Å²) in [5, 5.41) is 22.0. The van der Waals surface area contributed by atoms with Crippen molar-refractivity contribution in [1.29, 1.82) is 5.26 Å². The van der Waals surface area contributed by atoms with Crippen LogP contribution in [0.1, 0.15) is 11.3 Å². The highest BCUT2D eigenvalue weighted by Crippen LogP contribution is 2.20. The number of rotatable bonds is 7. The zero-order valence-electron chi connectivity index (χ0n) is 11.3. The standard InChI is InChI=1S/C15H15ClN2O3/c16-15-6-12(4-3-11(15)7-17)18-8-13(19)9-20-10-14-2-1-5-21-14/h1-6,13,18-19H,8-10H2. The second kappa shape index (κ2) is 7.70. The van der Waals surface area contributed by atoms with Crippen LogP contribution < -0.4 is 5.32 Å². The molecule has 1 atom stereocenters. The first-order valence-corrected chi connectivity index (χ1v) is 6.78. The Morgan fingerprint density at radius 3 is 2.95 bits per heavy atom. The Balaban J connectivity index is 1.72. The molecule has 0 fully saturated rings. The van der Waals surface area contributed by atoms with Crippen molar-refractivity contribution in [2.75, 3.05) is 18.5 Å². The van der Waals surface area contributed by atoms with Gasteiger partial charge in [0.1, 0.15) is 18.4 Å². The average molecular weight is 307 g/mol. The maximum Gasteiger partial charge on any atom is 0.129 e. The van der Waals surface area contributed by atoms with E-state index >= 15 is 0 Å². The summed E-state index contributed by atoms with van der Waals surface area (Å²) in [5.41, 5.74) is 1.16. The molecule has 110 valence electrons. The number of nitrogens with zero attached hydrogens (tertiary/aromatic N) is 1. The lowest BCUT2D eigenvalue weighted by Gasteiger charge is -2.13. The smallest absolute Gasteiger partial charge is 0.129 e. The molecular weight excluding hydrogens is 292 g/mol. The highest BCUT2D eigenvalue weighted by molar-refractivity contribution is 6.32. The van der Waals surface area contributed by atoms with Crippen molar-refractivity contribution in [3.63, 3.8) is 0 Å². The molecule has 1 aromatic carbocycles. The highest BCUT2D eigenvalue weighted by atomic mass is 35.5. The largest absolute Gasteiger partial charge is 0.467 e. The fourth-order valence-electron chi connectivity index (χ4n) is 1.70. The molecule has 1 aromatic heterocycles. The van der Waals surface area contributed by atoms with Gasteiger partial charge in [0.2, 0.25) is 0 Å². The van der Waals surface area contributed by atoms with Crippen LogP contribution >= 0.6 is 11.6 Å². The molecule has 0 aliphatic heterocycles. The van der Waals surface area contributed by atoms with Crippen LogP contribution in [0.2, 0.25) is 5.02 Å². The van der Waals surface area contributed by atoms with Crippen molar-refractivity contribution >= 4 is 17.3 Å². The van der Waals surface area contributed by atoms with E-state index in [1.165, 1.54) is 0 Å². The van der Waals surface area contributed by atoms with Crippen LogP contribution in [0.4, 0.5) is 5.69 Å². The third kappa shape index (κ3) is 4.80. The maximum atomic E-state index is 9.81. The number of furan rings is 1. The summed E-state index contributed by atoms with van der Waals surface area (Å²) < 4.78 is 10.5. The predicted molar refractivity (Wildman–Crippen MR) is 79.0 cm³/mol. The van der Waals surface area contributed by atoms with Gasteiger partial charge in [-0.1, -0.05) is 11.6 Å². The molecule has 0 aliphatic carbocycles. The molecule has 2 aromatic rings. The molecule has 6 heteroatoms. The number of aliphatic hydroxyl groups is 1. The number of nitriles is 1. The number of nitrogens with one attached hydrogen (secondary N) is 1. The van der Waals surface area contributed by atoms with Crippen molar-refractivity contribution in [1.82, 2.24) is 0 Å². The minimum absolute atomic E-state index is 0.192. The molecule has 1 heterocycles. The molecule has 0 amide bonds. The summed E-state index contributed by atoms with van der Waals surface area (Å²) in [4.78, 5) is 0. The van der Waals surface area contributed by atoms with Gasteiger partial charge in [0.05, 0.1) is 29.6 Å². The van der Waals surface area contributed by atoms with Crippen molar-refractivity contribution in [3.8, 4) is 6.07 Å². The number of ether oxygens (including phenoxy) is 1. The first kappa shape index (κ1) is 15.4. The number of halogens is 1. The minimum Gasteiger partial charge on any atom is -0.467 e. The van der Waals surface area contributed by atoms with Gasteiger partial charge in [0.25, 0.3) is 0 Å². The molecule has 2 rings (SSSR count). The van der Waals surface area contributed by atoms with E-state index in [2.05, 4.69) is 5.32 Å². The van der Waals surface area contributed by atoms with Crippen LogP contribution in [0, 0.1) is 11.3 Å². The Morgan fingerprint density at radius 2 is 2.29 bits per heavy atom. The monoisotopic (exact) mass is 306 g/mol. The van der Waals surface area contributed by atoms with E-state index in [1.807, 2.05) is 12.1 Å². The van der Waals surface area contributed by atoms with E-state index in [1.54, 1.807) is 30.5 Å². The number of hydrogen-bond donors (Lipinski definition) is 2. The van der Waals surface area contributed by atoms with E-state index in [9.17, 15) is 5.11 Å². The molecule has 2 N–H and O–H groups in total. The first-order valence-electron chi connectivity index (χ1n) is 6.40. The molecule has 0 spiro atoms. The molecule has 1 unspecified atom stereocenters. The summed E-state index contributed by atoms with van der Waals surface area (Å²) >= 11 is 5.93. The van der Waals surface area contributed by atoms with Crippen LogP contribution in [0.3, 0.4) is 0 Å². The second-order valence-electron chi connectivity index (χ2n) is 4.44. The fraction of sp³-hybridized carbons (Fsp3) is 0.267. The lowest BCUT2D eigenvalue weighted by Crippen LogP contribution is -2.24. The average Bonchev–Trinajstić information content (AvgIpc) is 2.98. The summed E-state index contributed by atoms with van der Waals surface area (Å²) in [7, 11) is 0. The van der Waals surface area contributed by atoms with E-state index in [4.69, 9.17) is 26.0 Å². The van der Waals surface area contributed by atoms with E-state index in [0.29, 0.717) is 29.5 Å². The Bertz CT molecular complexity index is 608. The zero-order valence-corrected chi connectivity index (χ0v) is 12.0. The quantitative estimate of drug-likeness (QED) is 0.822. The van der Waals surface area contributed by atoms with Gasteiger partial charge in [-0.25, -0.2) is 0 Å². The molecule has 0 saturated heterocycles. The number of aliphatic hydroxyl groups excluding tert-OH is 1. The van der Waals surface area contributed by atoms with Crippen LogP contribution in [0.15, 0.2) is 41.0 Å². The molecule has 5 nitrogen and oxygen atoms in total. The Kier molecular flexibility index (Phi) is 5.64. The van der Waals surface area contributed by atoms with Gasteiger partial charge in [-0.05, 0) is 30.3 Å². The molecule has 21 heavy (non-hydrogen) atoms. The van der Waals surface area contributed by atoms with Crippen molar-refractivity contribution in [2.45, 2.75) is 12.7 Å². The van der Waals surface area contributed by atoms with Crippen molar-refractivity contribution < 1.29 is 14.3 Å². The van der Waals surface area contributed by atoms with Crippen LogP contribution in [0.5, 0.6) is 0 Å². The minimum atomic E-state index is -0.658. The normalized spacial score (nSPS) is 11.9. The summed E-state index contributed by atoms with van der Waals surface area (Å²) in [6.07, 6.45) is 0.917. The van der Waals surface area contributed by atoms with E-state index in [-0.39, 0.29) is 6.61 Å². The maximum absolute atomic E-state index is 9.81. The molecular formula is C15H15ClN2O3. The van der Waals surface area contributed by atoms with E-state index < -0.39 is 6.10 Å². The number of anilines is 1. The fourth-order valence-corrected chi connectivity index (χ4v) is 1.92. The highest BCUT2D eigenvalue weighted by Gasteiger charge is 2.06. The zero-order chi connectivity index (χ0) is 15.1. The van der Waals surface area contributed by atoms with Gasteiger partial charge in [0, 0.05) is 12.2 Å². The molecule has 0 aliphatic rings. The molecule has 0 radical (unpaired) electrons. The predicted octanol–water partition coefficient (Wildman–Crippen LogP) is 2.79. The lowest BCUT2D eigenvalue weighted by atomic mass is 10.2. The Morgan fingerprint density at radius 1 is 1.43 bits per heavy atom. The van der Waals surface area contributed by atoms with Gasteiger partial charge >= 0.3 is 0 Å². The van der Waals surface area contributed by atoms with E-state index in [0.717, 1.165) is 5.69 Å². The summed E-state index contributed by atoms with van der Waals surface area (Å²) in [5.74, 6) is 0.717. The van der Waals surface area contributed by atoms with Gasteiger partial charge in [-0.2, -0.15) is 5.26 Å². The SMILES string of the molecule is N#Cc1ccc(NCC(O)COCc2ccco2)cc1Cl. The van der Waals surface area contributed by atoms with Crippen LogP contribution in [0.25, 0.3) is 0 Å². The lowest BCUT2D eigenvalue weighted by molar-refractivity contribution is 0.0282. The number of hydrogen-bond acceptors (Lipinski definition) is 5. The third-order valence-corrected chi connectivity index (χ3v) is 3.08. The molecule has 0 bridgehead atoms. The first-order chi connectivity index (χ1) is 10.2. The van der Waals surface area contributed by atoms with Gasteiger partial charge in [0.15, 0.2) is 0 Å². The van der Waals surface area contributed by atoms with Crippen LogP contribution in [-0.2, 0) is 11.3 Å². The van der Waals surface area contributed by atoms with Crippen molar-refractivity contribution in [2.24, 2.45) is 0 Å².